The van der Waals surface area contributed by atoms with Crippen molar-refractivity contribution >= 4 is 17.8 Å². The molecule has 0 unspecified atom stereocenters. The molecule has 0 atom stereocenters. The molecule has 26 heavy (non-hydrogen) atoms. The third-order valence-corrected chi connectivity index (χ3v) is 4.97. The lowest BCUT2D eigenvalue weighted by Crippen LogP contribution is -2.55. The van der Waals surface area contributed by atoms with Crippen molar-refractivity contribution in [1.29, 1.82) is 0 Å². The number of nitrogens with zero attached hydrogens (tertiary/aromatic N) is 3. The number of piperidine rings is 1. The highest BCUT2D eigenvalue weighted by atomic mass is 16.2. The van der Waals surface area contributed by atoms with E-state index in [0.29, 0.717) is 31.7 Å². The largest absolute Gasteiger partial charge is 0.343 e. The highest BCUT2D eigenvalue weighted by Crippen LogP contribution is 2.13. The number of likely N-dealkylation sites (tertiary alicyclic amines) is 1. The molecule has 0 bridgehead atoms. The Bertz CT molecular complexity index is 635. The fraction of sp³-hybridized carbons (Fsp3) is 0.526. The van der Waals surface area contributed by atoms with Crippen LogP contribution in [0.25, 0.3) is 0 Å². The molecule has 2 heterocycles. The predicted molar refractivity (Wildman–Crippen MR) is 97.7 cm³/mol. The number of urea groups is 1. The predicted octanol–water partition coefficient (Wildman–Crippen LogP) is 1.17. The summed E-state index contributed by atoms with van der Waals surface area (Å²) >= 11 is 0. The fourth-order valence-electron chi connectivity index (χ4n) is 3.39. The lowest BCUT2D eigenvalue weighted by molar-refractivity contribution is -0.131. The van der Waals surface area contributed by atoms with Crippen molar-refractivity contribution in [3.8, 4) is 0 Å². The molecule has 0 aromatic heterocycles. The zero-order valence-electron chi connectivity index (χ0n) is 15.0. The van der Waals surface area contributed by atoms with Crippen LogP contribution in [0.2, 0.25) is 0 Å². The summed E-state index contributed by atoms with van der Waals surface area (Å²) in [4.78, 5) is 42.3. The topological polar surface area (TPSA) is 73.0 Å². The molecule has 7 nitrogen and oxygen atoms in total. The minimum Gasteiger partial charge on any atom is -0.343 e. The van der Waals surface area contributed by atoms with Gasteiger partial charge in [-0.15, -0.1) is 0 Å². The Hall–Kier alpha value is -2.57. The van der Waals surface area contributed by atoms with Crippen molar-refractivity contribution in [2.45, 2.75) is 19.3 Å². The van der Waals surface area contributed by atoms with E-state index in [1.807, 2.05) is 15.9 Å². The van der Waals surface area contributed by atoms with E-state index >= 15 is 0 Å². The van der Waals surface area contributed by atoms with Crippen molar-refractivity contribution in [2.75, 3.05) is 45.8 Å². The number of carbonyl (C=O) groups excluding carboxylic acids is 3. The molecule has 2 aliphatic heterocycles. The van der Waals surface area contributed by atoms with Crippen LogP contribution >= 0.6 is 0 Å². The van der Waals surface area contributed by atoms with Crippen molar-refractivity contribution in [3.63, 3.8) is 0 Å². The first-order valence-corrected chi connectivity index (χ1v) is 9.30. The van der Waals surface area contributed by atoms with E-state index < -0.39 is 0 Å². The van der Waals surface area contributed by atoms with E-state index in [4.69, 9.17) is 0 Å². The Kier molecular flexibility index (Phi) is 6.09. The van der Waals surface area contributed by atoms with E-state index in [1.165, 1.54) is 6.42 Å². The standard InChI is InChI=1S/C19H26N4O3/c24-17(15-20-18(25)16-7-3-1-4-8-16)21-11-13-23(14-12-21)19(26)22-9-5-2-6-10-22/h1,3-4,7-8H,2,5-6,9-15H2,(H,20,25). The third kappa shape index (κ3) is 4.53. The van der Waals surface area contributed by atoms with Crippen molar-refractivity contribution in [3.05, 3.63) is 35.9 Å². The molecule has 2 aliphatic rings. The summed E-state index contributed by atoms with van der Waals surface area (Å²) in [7, 11) is 0. The second kappa shape index (κ2) is 8.69. The Morgan fingerprint density at radius 3 is 2.00 bits per heavy atom. The van der Waals surface area contributed by atoms with Gasteiger partial charge in [-0.1, -0.05) is 18.2 Å². The summed E-state index contributed by atoms with van der Waals surface area (Å²) in [6.07, 6.45) is 3.34. The highest BCUT2D eigenvalue weighted by Gasteiger charge is 2.27. The summed E-state index contributed by atoms with van der Waals surface area (Å²) in [5.74, 6) is -0.364. The molecule has 1 aromatic rings. The van der Waals surface area contributed by atoms with E-state index in [0.717, 1.165) is 25.9 Å². The van der Waals surface area contributed by atoms with Crippen LogP contribution in [0.5, 0.6) is 0 Å². The quantitative estimate of drug-likeness (QED) is 0.881. The van der Waals surface area contributed by atoms with Gasteiger partial charge in [-0.25, -0.2) is 4.79 Å². The minimum absolute atomic E-state index is 0.0200. The number of carbonyl (C=O) groups is 3. The maximum Gasteiger partial charge on any atom is 0.320 e. The molecule has 4 amide bonds. The number of nitrogens with one attached hydrogen (secondary N) is 1. The second-order valence-corrected chi connectivity index (χ2v) is 6.75. The lowest BCUT2D eigenvalue weighted by Gasteiger charge is -2.38. The first-order valence-electron chi connectivity index (χ1n) is 9.30. The molecular weight excluding hydrogens is 332 g/mol. The van der Waals surface area contributed by atoms with Crippen LogP contribution in [0.15, 0.2) is 30.3 Å². The lowest BCUT2D eigenvalue weighted by atomic mass is 10.1. The molecule has 0 saturated carbocycles. The Morgan fingerprint density at radius 2 is 1.35 bits per heavy atom. The van der Waals surface area contributed by atoms with Crippen LogP contribution in [0.3, 0.4) is 0 Å². The average molecular weight is 358 g/mol. The van der Waals surface area contributed by atoms with Crippen molar-refractivity contribution in [2.24, 2.45) is 0 Å². The maximum absolute atomic E-state index is 12.5. The fourth-order valence-corrected chi connectivity index (χ4v) is 3.39. The van der Waals surface area contributed by atoms with Crippen molar-refractivity contribution < 1.29 is 14.4 Å². The van der Waals surface area contributed by atoms with Crippen LogP contribution in [-0.2, 0) is 4.79 Å². The normalized spacial score (nSPS) is 17.8. The Morgan fingerprint density at radius 1 is 0.769 bits per heavy atom. The summed E-state index contributed by atoms with van der Waals surface area (Å²) in [5.41, 5.74) is 0.539. The average Bonchev–Trinajstić information content (AvgIpc) is 2.72. The summed E-state index contributed by atoms with van der Waals surface area (Å²) in [5, 5.41) is 2.66. The number of rotatable bonds is 3. The van der Waals surface area contributed by atoms with Gasteiger partial charge in [-0.05, 0) is 31.4 Å². The summed E-state index contributed by atoms with van der Waals surface area (Å²) in [6.45, 7) is 3.78. The van der Waals surface area contributed by atoms with Gasteiger partial charge in [0.15, 0.2) is 0 Å². The minimum atomic E-state index is -0.252. The zero-order chi connectivity index (χ0) is 18.4. The second-order valence-electron chi connectivity index (χ2n) is 6.75. The van der Waals surface area contributed by atoms with E-state index in [1.54, 1.807) is 29.2 Å². The molecular formula is C19H26N4O3. The van der Waals surface area contributed by atoms with Crippen LogP contribution in [0.1, 0.15) is 29.6 Å². The molecule has 1 N–H and O–H groups in total. The van der Waals surface area contributed by atoms with Gasteiger partial charge in [-0.3, -0.25) is 9.59 Å². The molecule has 140 valence electrons. The third-order valence-electron chi connectivity index (χ3n) is 4.97. The van der Waals surface area contributed by atoms with Crippen LogP contribution in [0, 0.1) is 0 Å². The number of benzene rings is 1. The SMILES string of the molecule is O=C(NCC(=O)N1CCN(C(=O)N2CCCCC2)CC1)c1ccccc1. The molecule has 0 spiro atoms. The highest BCUT2D eigenvalue weighted by molar-refractivity contribution is 5.96. The summed E-state index contributed by atoms with van der Waals surface area (Å²) < 4.78 is 0. The molecule has 2 fully saturated rings. The van der Waals surface area contributed by atoms with Gasteiger partial charge in [0.2, 0.25) is 5.91 Å². The van der Waals surface area contributed by atoms with Gasteiger partial charge in [0.25, 0.3) is 5.91 Å². The maximum atomic E-state index is 12.5. The molecule has 7 heteroatoms. The Balaban J connectivity index is 1.42. The van der Waals surface area contributed by atoms with E-state index in [9.17, 15) is 14.4 Å². The number of piperazine rings is 1. The van der Waals surface area contributed by atoms with Crippen LogP contribution in [0.4, 0.5) is 4.79 Å². The summed E-state index contributed by atoms with van der Waals surface area (Å²) in [6, 6.07) is 8.93. The van der Waals surface area contributed by atoms with Gasteiger partial charge in [0.05, 0.1) is 6.54 Å². The molecule has 1 aromatic carbocycles. The number of amides is 4. The molecule has 0 aliphatic carbocycles. The first-order chi connectivity index (χ1) is 12.6. The number of hydrogen-bond acceptors (Lipinski definition) is 3. The zero-order valence-corrected chi connectivity index (χ0v) is 15.0. The number of hydrogen-bond donors (Lipinski definition) is 1. The van der Waals surface area contributed by atoms with Crippen LogP contribution in [-0.4, -0.2) is 78.4 Å². The van der Waals surface area contributed by atoms with Crippen LogP contribution < -0.4 is 5.32 Å². The molecule has 3 rings (SSSR count). The van der Waals surface area contributed by atoms with E-state index in [-0.39, 0.29) is 24.4 Å². The van der Waals surface area contributed by atoms with Gasteiger partial charge >= 0.3 is 6.03 Å². The van der Waals surface area contributed by atoms with Crippen molar-refractivity contribution in [1.82, 2.24) is 20.0 Å². The van der Waals surface area contributed by atoms with Gasteiger partial charge < -0.3 is 20.0 Å². The van der Waals surface area contributed by atoms with E-state index in [2.05, 4.69) is 5.32 Å². The Labute approximate surface area is 153 Å². The first kappa shape index (κ1) is 18.2. The monoisotopic (exact) mass is 358 g/mol. The van der Waals surface area contributed by atoms with Gasteiger partial charge in [0, 0.05) is 44.8 Å². The smallest absolute Gasteiger partial charge is 0.320 e. The molecule has 0 radical (unpaired) electrons. The van der Waals surface area contributed by atoms with Gasteiger partial charge in [0.1, 0.15) is 0 Å². The van der Waals surface area contributed by atoms with Gasteiger partial charge in [-0.2, -0.15) is 0 Å². The molecule has 2 saturated heterocycles.